The molecule has 8 nitrogen and oxygen atoms in total. The zero-order chi connectivity index (χ0) is 22.8. The molecule has 1 aromatic heterocycles. The molecule has 2 amide bonds. The Morgan fingerprint density at radius 1 is 0.970 bits per heavy atom. The smallest absolute Gasteiger partial charge is 0.276 e. The van der Waals surface area contributed by atoms with Gasteiger partial charge in [-0.05, 0) is 23.6 Å². The van der Waals surface area contributed by atoms with E-state index >= 15 is 0 Å². The summed E-state index contributed by atoms with van der Waals surface area (Å²) in [6.07, 6.45) is 0.283. The number of hydrogen-bond acceptors (Lipinski definition) is 5. The van der Waals surface area contributed by atoms with Crippen LogP contribution in [-0.4, -0.2) is 62.8 Å². The maximum atomic E-state index is 13.1. The normalized spacial score (nSPS) is 18.2. The average molecular weight is 446 g/mol. The van der Waals surface area contributed by atoms with Crippen molar-refractivity contribution in [2.75, 3.05) is 26.2 Å². The number of ether oxygens (including phenoxy) is 1. The molecule has 0 aliphatic carbocycles. The number of hydrogen-bond donors (Lipinski definition) is 0. The van der Waals surface area contributed by atoms with E-state index in [-0.39, 0.29) is 17.9 Å². The molecule has 1 atom stereocenters. The molecule has 3 heterocycles. The highest BCUT2D eigenvalue weighted by molar-refractivity contribution is 5.93. The van der Waals surface area contributed by atoms with Gasteiger partial charge in [0.15, 0.2) is 5.69 Å². The van der Waals surface area contributed by atoms with Crippen molar-refractivity contribution in [1.82, 2.24) is 24.8 Å². The predicted molar refractivity (Wildman–Crippen MR) is 121 cm³/mol. The fourth-order valence-corrected chi connectivity index (χ4v) is 4.44. The molecule has 1 fully saturated rings. The van der Waals surface area contributed by atoms with Crippen LogP contribution < -0.4 is 0 Å². The molecule has 5 rings (SSSR count). The molecule has 0 radical (unpaired) electrons. The Morgan fingerprint density at radius 3 is 2.42 bits per heavy atom. The van der Waals surface area contributed by atoms with Gasteiger partial charge in [0.1, 0.15) is 6.10 Å². The van der Waals surface area contributed by atoms with Gasteiger partial charge in [0, 0.05) is 26.2 Å². The molecule has 3 aromatic rings. The van der Waals surface area contributed by atoms with Crippen LogP contribution in [-0.2, 0) is 29.1 Å². The van der Waals surface area contributed by atoms with Gasteiger partial charge in [0.05, 0.1) is 25.3 Å². The summed E-state index contributed by atoms with van der Waals surface area (Å²) < 4.78 is 7.79. The van der Waals surface area contributed by atoms with Crippen molar-refractivity contribution in [2.45, 2.75) is 32.6 Å². The highest BCUT2D eigenvalue weighted by Crippen LogP contribution is 2.27. The molecule has 33 heavy (non-hydrogen) atoms. The van der Waals surface area contributed by atoms with Crippen LogP contribution in [0.5, 0.6) is 0 Å². The standard InChI is InChI=1S/C25H27N5O3/c1-18-7-5-6-10-20(18)15-23(31)28-11-13-29(14-12-28)25(32)24-21-17-33-22(16-30(21)27-26-24)19-8-3-2-4-9-19/h2-10,22H,11-17H2,1H3/t22-/m1/s1. The second-order valence-electron chi connectivity index (χ2n) is 8.55. The van der Waals surface area contributed by atoms with Crippen LogP contribution >= 0.6 is 0 Å². The molecule has 2 aliphatic rings. The van der Waals surface area contributed by atoms with E-state index in [1.165, 1.54) is 0 Å². The summed E-state index contributed by atoms with van der Waals surface area (Å²) in [5.41, 5.74) is 4.31. The monoisotopic (exact) mass is 445 g/mol. The largest absolute Gasteiger partial charge is 0.365 e. The van der Waals surface area contributed by atoms with E-state index < -0.39 is 0 Å². The van der Waals surface area contributed by atoms with Gasteiger partial charge in [-0.25, -0.2) is 4.68 Å². The summed E-state index contributed by atoms with van der Waals surface area (Å²) in [5.74, 6) is -0.0539. The fraction of sp³-hybridized carbons (Fsp3) is 0.360. The second-order valence-corrected chi connectivity index (χ2v) is 8.55. The molecule has 8 heteroatoms. The number of nitrogens with zero attached hydrogens (tertiary/aromatic N) is 5. The highest BCUT2D eigenvalue weighted by atomic mass is 16.5. The Kier molecular flexibility index (Phi) is 5.92. The lowest BCUT2D eigenvalue weighted by Gasteiger charge is -2.34. The van der Waals surface area contributed by atoms with Crippen molar-refractivity contribution in [3.05, 3.63) is 82.7 Å². The van der Waals surface area contributed by atoms with Crippen molar-refractivity contribution in [1.29, 1.82) is 0 Å². The van der Waals surface area contributed by atoms with Gasteiger partial charge >= 0.3 is 0 Å². The van der Waals surface area contributed by atoms with Crippen molar-refractivity contribution >= 4 is 11.8 Å². The molecule has 0 spiro atoms. The number of carbonyl (C=O) groups excluding carboxylic acids is 2. The van der Waals surface area contributed by atoms with Crippen LogP contribution in [0.1, 0.15) is 39.0 Å². The van der Waals surface area contributed by atoms with E-state index in [9.17, 15) is 9.59 Å². The molecule has 2 aliphatic heterocycles. The average Bonchev–Trinajstić information content (AvgIpc) is 3.29. The lowest BCUT2D eigenvalue weighted by molar-refractivity contribution is -0.131. The molecule has 0 unspecified atom stereocenters. The van der Waals surface area contributed by atoms with Crippen LogP contribution in [0.25, 0.3) is 0 Å². The van der Waals surface area contributed by atoms with Gasteiger partial charge in [-0.3, -0.25) is 9.59 Å². The minimum absolute atomic E-state index is 0.0952. The van der Waals surface area contributed by atoms with Crippen molar-refractivity contribution < 1.29 is 14.3 Å². The highest BCUT2D eigenvalue weighted by Gasteiger charge is 2.32. The number of amides is 2. The number of carbonyl (C=O) groups is 2. The number of fused-ring (bicyclic) bond motifs is 1. The van der Waals surface area contributed by atoms with Crippen LogP contribution in [0.2, 0.25) is 0 Å². The van der Waals surface area contributed by atoms with Gasteiger partial charge in [0.25, 0.3) is 5.91 Å². The lowest BCUT2D eigenvalue weighted by atomic mass is 10.1. The maximum absolute atomic E-state index is 13.1. The summed E-state index contributed by atoms with van der Waals surface area (Å²) in [6, 6.07) is 17.9. The number of piperazine rings is 1. The van der Waals surface area contributed by atoms with E-state index in [4.69, 9.17) is 4.74 Å². The number of rotatable bonds is 4. The topological polar surface area (TPSA) is 80.6 Å². The Bertz CT molecular complexity index is 1150. The molecular weight excluding hydrogens is 418 g/mol. The fourth-order valence-electron chi connectivity index (χ4n) is 4.44. The van der Waals surface area contributed by atoms with Gasteiger partial charge in [-0.15, -0.1) is 5.10 Å². The molecule has 0 N–H and O–H groups in total. The molecule has 0 bridgehead atoms. The van der Waals surface area contributed by atoms with E-state index in [0.717, 1.165) is 16.7 Å². The van der Waals surface area contributed by atoms with Crippen molar-refractivity contribution in [2.24, 2.45) is 0 Å². The zero-order valence-corrected chi connectivity index (χ0v) is 18.7. The van der Waals surface area contributed by atoms with E-state index in [1.807, 2.05) is 66.4 Å². The molecule has 2 aromatic carbocycles. The summed E-state index contributed by atoms with van der Waals surface area (Å²) in [7, 11) is 0. The summed E-state index contributed by atoms with van der Waals surface area (Å²) in [5, 5.41) is 8.40. The van der Waals surface area contributed by atoms with E-state index in [1.54, 1.807) is 9.58 Å². The summed E-state index contributed by atoms with van der Waals surface area (Å²) in [6.45, 7) is 4.85. The molecule has 170 valence electrons. The first-order valence-electron chi connectivity index (χ1n) is 11.3. The van der Waals surface area contributed by atoms with Crippen LogP contribution in [0.15, 0.2) is 54.6 Å². The van der Waals surface area contributed by atoms with Crippen molar-refractivity contribution in [3.8, 4) is 0 Å². The first-order valence-corrected chi connectivity index (χ1v) is 11.3. The third-order valence-corrected chi connectivity index (χ3v) is 6.49. The Labute approximate surface area is 192 Å². The van der Waals surface area contributed by atoms with Gasteiger partial charge in [0.2, 0.25) is 5.91 Å². The Morgan fingerprint density at radius 2 is 1.67 bits per heavy atom. The van der Waals surface area contributed by atoms with Crippen molar-refractivity contribution in [3.63, 3.8) is 0 Å². The first-order chi connectivity index (χ1) is 16.1. The minimum Gasteiger partial charge on any atom is -0.365 e. The van der Waals surface area contributed by atoms with Crippen LogP contribution in [0.3, 0.4) is 0 Å². The molecule has 0 saturated carbocycles. The van der Waals surface area contributed by atoms with Crippen LogP contribution in [0, 0.1) is 6.92 Å². The van der Waals surface area contributed by atoms with Crippen LogP contribution in [0.4, 0.5) is 0 Å². The van der Waals surface area contributed by atoms with Gasteiger partial charge in [-0.1, -0.05) is 59.8 Å². The second kappa shape index (κ2) is 9.15. The first kappa shape index (κ1) is 21.3. The summed E-state index contributed by atoms with van der Waals surface area (Å²) in [4.78, 5) is 29.5. The minimum atomic E-state index is -0.149. The molecule has 1 saturated heterocycles. The lowest BCUT2D eigenvalue weighted by Crippen LogP contribution is -2.51. The summed E-state index contributed by atoms with van der Waals surface area (Å²) >= 11 is 0. The van der Waals surface area contributed by atoms with Gasteiger partial charge < -0.3 is 14.5 Å². The maximum Gasteiger partial charge on any atom is 0.276 e. The third-order valence-electron chi connectivity index (χ3n) is 6.49. The SMILES string of the molecule is Cc1ccccc1CC(=O)N1CCN(C(=O)c2nnn3c2CO[C@@H](c2ccccc2)C3)CC1. The van der Waals surface area contributed by atoms with Gasteiger partial charge in [-0.2, -0.15) is 0 Å². The number of benzene rings is 2. The predicted octanol–water partition coefficient (Wildman–Crippen LogP) is 2.39. The van der Waals surface area contributed by atoms with E-state index in [2.05, 4.69) is 10.3 Å². The molecular formula is C25H27N5O3. The number of aryl methyl sites for hydroxylation is 1. The van der Waals surface area contributed by atoms with E-state index in [0.29, 0.717) is 57.1 Å². The quantitative estimate of drug-likeness (QED) is 0.616. The Balaban J connectivity index is 1.20. The third kappa shape index (κ3) is 4.39. The number of aromatic nitrogens is 3. The Hall–Kier alpha value is -3.52. The zero-order valence-electron chi connectivity index (χ0n) is 18.7.